The van der Waals surface area contributed by atoms with Crippen molar-refractivity contribution in [1.29, 1.82) is 0 Å². The highest BCUT2D eigenvalue weighted by Crippen LogP contribution is 2.24. The summed E-state index contributed by atoms with van der Waals surface area (Å²) in [7, 11) is 0. The number of hydrogen-bond donors (Lipinski definition) is 3. The van der Waals surface area contributed by atoms with Crippen LogP contribution in [0.2, 0.25) is 0 Å². The van der Waals surface area contributed by atoms with E-state index >= 15 is 0 Å². The van der Waals surface area contributed by atoms with Crippen LogP contribution in [0.4, 0.5) is 23.1 Å². The lowest BCUT2D eigenvalue weighted by molar-refractivity contribution is 0.100. The predicted octanol–water partition coefficient (Wildman–Crippen LogP) is 1.89. The molecular formula is C16H20N6O. The number of nitrogens with one attached hydrogen (secondary N) is 1. The second-order valence-electron chi connectivity index (χ2n) is 5.57. The molecule has 1 amide bonds. The number of amides is 1. The van der Waals surface area contributed by atoms with E-state index in [9.17, 15) is 4.79 Å². The van der Waals surface area contributed by atoms with Crippen molar-refractivity contribution >= 4 is 29.0 Å². The summed E-state index contributed by atoms with van der Waals surface area (Å²) in [5.41, 5.74) is 13.1. The quantitative estimate of drug-likeness (QED) is 0.795. The van der Waals surface area contributed by atoms with E-state index in [1.165, 1.54) is 31.1 Å². The Labute approximate surface area is 134 Å². The number of piperidine rings is 1. The molecule has 7 nitrogen and oxygen atoms in total. The zero-order valence-electron chi connectivity index (χ0n) is 12.8. The molecule has 23 heavy (non-hydrogen) atoms. The second-order valence-corrected chi connectivity index (χ2v) is 5.57. The van der Waals surface area contributed by atoms with Gasteiger partial charge in [0.15, 0.2) is 0 Å². The summed E-state index contributed by atoms with van der Waals surface area (Å²) in [5, 5.41) is 3.07. The number of nitrogens with zero attached hydrogens (tertiary/aromatic N) is 3. The van der Waals surface area contributed by atoms with Gasteiger partial charge in [0, 0.05) is 30.7 Å². The van der Waals surface area contributed by atoms with Crippen molar-refractivity contribution in [2.24, 2.45) is 5.73 Å². The molecule has 0 spiro atoms. The number of anilines is 4. The Kier molecular flexibility index (Phi) is 4.27. The summed E-state index contributed by atoms with van der Waals surface area (Å²) in [6.45, 7) is 2.20. The number of nitrogens with two attached hydrogens (primary N) is 2. The third-order valence-corrected chi connectivity index (χ3v) is 3.92. The van der Waals surface area contributed by atoms with Crippen LogP contribution in [0.1, 0.15) is 29.6 Å². The van der Waals surface area contributed by atoms with E-state index in [1.54, 1.807) is 0 Å². The molecule has 1 saturated heterocycles. The number of hydrogen-bond acceptors (Lipinski definition) is 6. The van der Waals surface area contributed by atoms with Crippen LogP contribution in [0.25, 0.3) is 0 Å². The van der Waals surface area contributed by atoms with E-state index in [4.69, 9.17) is 11.5 Å². The van der Waals surface area contributed by atoms with Crippen molar-refractivity contribution in [1.82, 2.24) is 9.97 Å². The lowest BCUT2D eigenvalue weighted by Gasteiger charge is -2.28. The van der Waals surface area contributed by atoms with Gasteiger partial charge in [0.05, 0.1) is 0 Å². The molecule has 0 saturated carbocycles. The molecule has 120 valence electrons. The molecule has 1 aromatic heterocycles. The molecule has 2 aromatic rings. The molecule has 1 aromatic carbocycles. The van der Waals surface area contributed by atoms with Gasteiger partial charge in [-0.15, -0.1) is 0 Å². The molecule has 1 aliphatic rings. The summed E-state index contributed by atoms with van der Waals surface area (Å²) in [4.78, 5) is 21.7. The zero-order chi connectivity index (χ0) is 16.2. The molecule has 0 unspecified atom stereocenters. The molecule has 2 heterocycles. The van der Waals surface area contributed by atoms with Crippen molar-refractivity contribution < 1.29 is 4.79 Å². The van der Waals surface area contributed by atoms with Crippen LogP contribution in [0.5, 0.6) is 0 Å². The first-order valence-electron chi connectivity index (χ1n) is 7.68. The van der Waals surface area contributed by atoms with Gasteiger partial charge in [-0.2, -0.15) is 4.98 Å². The van der Waals surface area contributed by atoms with Crippen molar-refractivity contribution in [3.63, 3.8) is 0 Å². The highest BCUT2D eigenvalue weighted by molar-refractivity contribution is 5.98. The van der Waals surface area contributed by atoms with Crippen molar-refractivity contribution in [3.8, 4) is 0 Å². The number of carbonyl (C=O) groups is 1. The van der Waals surface area contributed by atoms with Crippen LogP contribution < -0.4 is 21.7 Å². The molecule has 0 bridgehead atoms. The first kappa shape index (κ1) is 15.1. The number of rotatable bonds is 4. The van der Waals surface area contributed by atoms with Gasteiger partial charge in [-0.05, 0) is 43.5 Å². The van der Waals surface area contributed by atoms with Gasteiger partial charge in [0.1, 0.15) is 11.4 Å². The Morgan fingerprint density at radius 1 is 1.13 bits per heavy atom. The van der Waals surface area contributed by atoms with Gasteiger partial charge in [-0.3, -0.25) is 4.79 Å². The SMILES string of the molecule is NC(=O)c1cnc(N)nc1Nc1ccc(N2CCCCC2)cc1. The molecule has 7 heteroatoms. The van der Waals surface area contributed by atoms with Crippen molar-refractivity contribution in [2.45, 2.75) is 19.3 Å². The maximum absolute atomic E-state index is 11.4. The minimum Gasteiger partial charge on any atom is -0.372 e. The molecular weight excluding hydrogens is 292 g/mol. The Morgan fingerprint density at radius 3 is 2.48 bits per heavy atom. The van der Waals surface area contributed by atoms with E-state index in [0.717, 1.165) is 18.8 Å². The van der Waals surface area contributed by atoms with Crippen LogP contribution in [0, 0.1) is 0 Å². The third kappa shape index (κ3) is 3.50. The zero-order valence-corrected chi connectivity index (χ0v) is 12.8. The molecule has 1 fully saturated rings. The second kappa shape index (κ2) is 6.51. The topological polar surface area (TPSA) is 110 Å². The predicted molar refractivity (Wildman–Crippen MR) is 90.8 cm³/mol. The fraction of sp³-hybridized carbons (Fsp3) is 0.312. The standard InChI is InChI=1S/C16H20N6O/c17-14(23)13-10-19-16(18)21-15(13)20-11-4-6-12(7-5-11)22-8-2-1-3-9-22/h4-7,10H,1-3,8-9H2,(H2,17,23)(H3,18,19,20,21). The van der Waals surface area contributed by atoms with E-state index in [-0.39, 0.29) is 11.5 Å². The number of carbonyl (C=O) groups excluding carboxylic acids is 1. The van der Waals surface area contributed by atoms with E-state index in [2.05, 4.69) is 32.3 Å². The van der Waals surface area contributed by atoms with Gasteiger partial charge in [-0.1, -0.05) is 0 Å². The van der Waals surface area contributed by atoms with Crippen LogP contribution in [0.3, 0.4) is 0 Å². The summed E-state index contributed by atoms with van der Waals surface area (Å²) in [6, 6.07) is 8.02. The Hall–Kier alpha value is -2.83. The number of aromatic nitrogens is 2. The number of nitrogen functional groups attached to an aromatic ring is 1. The highest BCUT2D eigenvalue weighted by Gasteiger charge is 2.13. The smallest absolute Gasteiger partial charge is 0.254 e. The monoisotopic (exact) mass is 312 g/mol. The Morgan fingerprint density at radius 2 is 1.83 bits per heavy atom. The summed E-state index contributed by atoms with van der Waals surface area (Å²) < 4.78 is 0. The molecule has 0 atom stereocenters. The van der Waals surface area contributed by atoms with Crippen LogP contribution >= 0.6 is 0 Å². The molecule has 5 N–H and O–H groups in total. The van der Waals surface area contributed by atoms with E-state index in [0.29, 0.717) is 5.82 Å². The first-order valence-corrected chi connectivity index (χ1v) is 7.68. The molecule has 0 aliphatic carbocycles. The molecule has 3 rings (SSSR count). The maximum atomic E-state index is 11.4. The maximum Gasteiger partial charge on any atom is 0.254 e. The van der Waals surface area contributed by atoms with Crippen LogP contribution in [-0.4, -0.2) is 29.0 Å². The van der Waals surface area contributed by atoms with Gasteiger partial charge in [0.2, 0.25) is 5.95 Å². The van der Waals surface area contributed by atoms with Gasteiger partial charge >= 0.3 is 0 Å². The van der Waals surface area contributed by atoms with Crippen molar-refractivity contribution in [2.75, 3.05) is 29.0 Å². The van der Waals surface area contributed by atoms with Gasteiger partial charge < -0.3 is 21.7 Å². The Bertz CT molecular complexity index is 694. The fourth-order valence-electron chi connectivity index (χ4n) is 2.72. The average molecular weight is 312 g/mol. The molecule has 1 aliphatic heterocycles. The lowest BCUT2D eigenvalue weighted by atomic mass is 10.1. The lowest BCUT2D eigenvalue weighted by Crippen LogP contribution is -2.29. The summed E-state index contributed by atoms with van der Waals surface area (Å²) in [6.07, 6.45) is 5.11. The first-order chi connectivity index (χ1) is 11.1. The Balaban J connectivity index is 1.78. The van der Waals surface area contributed by atoms with Crippen molar-refractivity contribution in [3.05, 3.63) is 36.0 Å². The fourth-order valence-corrected chi connectivity index (χ4v) is 2.72. The summed E-state index contributed by atoms with van der Waals surface area (Å²) in [5.74, 6) is -0.199. The molecule has 0 radical (unpaired) electrons. The summed E-state index contributed by atoms with van der Waals surface area (Å²) >= 11 is 0. The number of benzene rings is 1. The third-order valence-electron chi connectivity index (χ3n) is 3.92. The number of primary amides is 1. The largest absolute Gasteiger partial charge is 0.372 e. The highest BCUT2D eigenvalue weighted by atomic mass is 16.1. The normalized spacial score (nSPS) is 14.5. The van der Waals surface area contributed by atoms with E-state index < -0.39 is 5.91 Å². The van der Waals surface area contributed by atoms with Gasteiger partial charge in [-0.25, -0.2) is 4.98 Å². The van der Waals surface area contributed by atoms with E-state index in [1.807, 2.05) is 12.1 Å². The minimum absolute atomic E-state index is 0.0856. The van der Waals surface area contributed by atoms with Crippen LogP contribution in [0.15, 0.2) is 30.5 Å². The van der Waals surface area contributed by atoms with Crippen LogP contribution in [-0.2, 0) is 0 Å². The minimum atomic E-state index is -0.600. The van der Waals surface area contributed by atoms with Gasteiger partial charge in [0.25, 0.3) is 5.91 Å². The average Bonchev–Trinajstić information content (AvgIpc) is 2.56.